The third-order valence-electron chi connectivity index (χ3n) is 6.82. The second-order valence-electron chi connectivity index (χ2n) is 9.25. The zero-order valence-corrected chi connectivity index (χ0v) is 20.2. The number of nitrogens with zero attached hydrogens (tertiary/aromatic N) is 1. The zero-order chi connectivity index (χ0) is 27.1. The molecule has 1 aliphatic heterocycles. The standard InChI is InChI=1S/C26H23F4N3O5/c1-36-20-6-3-14(12-19(20)27)17-13-25(32-23(34)21(17)22-31-24(35)38-33-22)9-7-15-11-16(4-5-18(15)25)37-10-2-8-26(28,29)30/h3-6,11-12H,2,7-10,13H2,1H3,(H,32,34)(H,31,33,35)/t25-/m0/s1. The van der Waals surface area contributed by atoms with Crippen molar-refractivity contribution < 1.29 is 36.4 Å². The van der Waals surface area contributed by atoms with E-state index >= 15 is 0 Å². The maximum absolute atomic E-state index is 14.7. The van der Waals surface area contributed by atoms with Crippen molar-refractivity contribution in [3.63, 3.8) is 0 Å². The van der Waals surface area contributed by atoms with Crippen molar-refractivity contribution in [3.8, 4) is 11.5 Å². The Hall–Kier alpha value is -4.09. The van der Waals surface area contributed by atoms with E-state index in [-0.39, 0.29) is 36.6 Å². The van der Waals surface area contributed by atoms with Gasteiger partial charge in [-0.3, -0.25) is 14.3 Å². The highest BCUT2D eigenvalue weighted by Crippen LogP contribution is 2.48. The lowest BCUT2D eigenvalue weighted by Gasteiger charge is -2.37. The van der Waals surface area contributed by atoms with E-state index in [1.807, 2.05) is 0 Å². The molecule has 5 rings (SSSR count). The minimum absolute atomic E-state index is 0.0368. The van der Waals surface area contributed by atoms with E-state index in [4.69, 9.17) is 9.47 Å². The summed E-state index contributed by atoms with van der Waals surface area (Å²) in [6.07, 6.45) is -3.95. The molecule has 2 aliphatic rings. The minimum Gasteiger partial charge on any atom is -0.494 e. The maximum atomic E-state index is 14.7. The molecule has 3 aromatic rings. The summed E-state index contributed by atoms with van der Waals surface area (Å²) in [5.74, 6) is -1.57. The van der Waals surface area contributed by atoms with E-state index < -0.39 is 35.6 Å². The van der Waals surface area contributed by atoms with Crippen LogP contribution in [0.15, 0.2) is 45.7 Å². The fourth-order valence-corrected chi connectivity index (χ4v) is 5.13. The molecule has 2 N–H and O–H groups in total. The van der Waals surface area contributed by atoms with Crippen LogP contribution in [0.3, 0.4) is 0 Å². The number of amides is 1. The molecule has 1 spiro atoms. The third kappa shape index (κ3) is 4.90. The first-order chi connectivity index (χ1) is 18.1. The number of aromatic nitrogens is 2. The molecule has 0 radical (unpaired) electrons. The molecule has 1 amide bonds. The first-order valence-corrected chi connectivity index (χ1v) is 11.9. The molecule has 0 saturated carbocycles. The highest BCUT2D eigenvalue weighted by Gasteiger charge is 2.46. The summed E-state index contributed by atoms with van der Waals surface area (Å²) in [7, 11) is 1.34. The molecule has 0 saturated heterocycles. The van der Waals surface area contributed by atoms with Crippen molar-refractivity contribution >= 4 is 17.1 Å². The van der Waals surface area contributed by atoms with Crippen LogP contribution in [0.4, 0.5) is 17.6 Å². The van der Waals surface area contributed by atoms with Crippen LogP contribution in [0, 0.1) is 5.82 Å². The number of carbonyl (C=O) groups is 1. The number of nitrogens with one attached hydrogen (secondary N) is 2. The van der Waals surface area contributed by atoms with Crippen LogP contribution >= 0.6 is 0 Å². The summed E-state index contributed by atoms with van der Waals surface area (Å²) in [6, 6.07) is 9.54. The van der Waals surface area contributed by atoms with Gasteiger partial charge in [0.05, 0.1) is 24.8 Å². The summed E-state index contributed by atoms with van der Waals surface area (Å²) in [5.41, 5.74) is 1.81. The quantitative estimate of drug-likeness (QED) is 0.342. The highest BCUT2D eigenvalue weighted by molar-refractivity contribution is 6.27. The Morgan fingerprint density at radius 1 is 1.16 bits per heavy atom. The Morgan fingerprint density at radius 3 is 2.66 bits per heavy atom. The molecule has 2 heterocycles. The van der Waals surface area contributed by atoms with Crippen LogP contribution < -0.4 is 20.5 Å². The predicted octanol–water partition coefficient (Wildman–Crippen LogP) is 4.50. The highest BCUT2D eigenvalue weighted by atomic mass is 19.4. The van der Waals surface area contributed by atoms with Crippen LogP contribution in [0.1, 0.15) is 48.2 Å². The van der Waals surface area contributed by atoms with Gasteiger partial charge in [0.15, 0.2) is 17.4 Å². The van der Waals surface area contributed by atoms with E-state index in [1.165, 1.54) is 19.2 Å². The number of methoxy groups -OCH3 is 1. The molecule has 8 nitrogen and oxygen atoms in total. The Bertz CT molecular complexity index is 1480. The van der Waals surface area contributed by atoms with E-state index in [2.05, 4.69) is 20.0 Å². The molecule has 2 aromatic carbocycles. The van der Waals surface area contributed by atoms with Crippen LogP contribution in [-0.2, 0) is 16.8 Å². The number of hydrogen-bond donors (Lipinski definition) is 2. The SMILES string of the molecule is COc1ccc(C2=C(c3noc(=O)[nH]3)C(=O)N[C@@]3(CCc4cc(OCCCC(F)(F)F)ccc43)C2)cc1F. The molecular weight excluding hydrogens is 510 g/mol. The third-order valence-corrected chi connectivity index (χ3v) is 6.82. The summed E-state index contributed by atoms with van der Waals surface area (Å²) in [6.45, 7) is -0.0740. The number of halogens is 4. The van der Waals surface area contributed by atoms with Gasteiger partial charge in [-0.15, -0.1) is 0 Å². The molecule has 12 heteroatoms. The minimum atomic E-state index is -4.23. The van der Waals surface area contributed by atoms with Crippen LogP contribution in [0.25, 0.3) is 11.1 Å². The van der Waals surface area contributed by atoms with Crippen LogP contribution in [0.5, 0.6) is 11.5 Å². The number of aryl methyl sites for hydroxylation is 1. The average molecular weight is 533 g/mol. The van der Waals surface area contributed by atoms with Crippen LogP contribution in [-0.4, -0.2) is 35.9 Å². The van der Waals surface area contributed by atoms with E-state index in [0.29, 0.717) is 29.7 Å². The number of aromatic amines is 1. The fraction of sp³-hybridized carbons (Fsp3) is 0.346. The second kappa shape index (κ2) is 9.66. The normalized spacial score (nSPS) is 19.0. The van der Waals surface area contributed by atoms with Gasteiger partial charge in [-0.1, -0.05) is 17.3 Å². The van der Waals surface area contributed by atoms with Gasteiger partial charge >= 0.3 is 11.9 Å². The second-order valence-corrected chi connectivity index (χ2v) is 9.25. The number of H-pyrrole nitrogens is 1. The van der Waals surface area contributed by atoms with Gasteiger partial charge in [-0.05, 0) is 65.8 Å². The average Bonchev–Trinajstić information content (AvgIpc) is 3.44. The molecule has 1 aliphatic carbocycles. The van der Waals surface area contributed by atoms with Gasteiger partial charge in [-0.2, -0.15) is 13.2 Å². The number of fused-ring (bicyclic) bond motifs is 2. The lowest BCUT2D eigenvalue weighted by atomic mass is 9.77. The lowest BCUT2D eigenvalue weighted by Crippen LogP contribution is -2.48. The molecule has 0 fully saturated rings. The molecule has 200 valence electrons. The van der Waals surface area contributed by atoms with Crippen molar-refractivity contribution in [3.05, 3.63) is 75.3 Å². The molecule has 1 atom stereocenters. The van der Waals surface area contributed by atoms with Crippen molar-refractivity contribution in [2.45, 2.75) is 43.8 Å². The summed E-state index contributed by atoms with van der Waals surface area (Å²) in [4.78, 5) is 27.5. The predicted molar refractivity (Wildman–Crippen MR) is 127 cm³/mol. The molecular formula is C26H23F4N3O5. The van der Waals surface area contributed by atoms with Gasteiger partial charge in [0.25, 0.3) is 5.91 Å². The number of hydrogen-bond acceptors (Lipinski definition) is 6. The van der Waals surface area contributed by atoms with Crippen molar-refractivity contribution in [2.24, 2.45) is 0 Å². The van der Waals surface area contributed by atoms with Gasteiger partial charge in [0.1, 0.15) is 5.75 Å². The topological polar surface area (TPSA) is 106 Å². The fourth-order valence-electron chi connectivity index (χ4n) is 5.13. The maximum Gasteiger partial charge on any atom is 0.439 e. The van der Waals surface area contributed by atoms with Gasteiger partial charge in [0.2, 0.25) is 0 Å². The van der Waals surface area contributed by atoms with Gasteiger partial charge in [0, 0.05) is 12.8 Å². The lowest BCUT2D eigenvalue weighted by molar-refractivity contribution is -0.136. The van der Waals surface area contributed by atoms with E-state index in [9.17, 15) is 27.2 Å². The smallest absolute Gasteiger partial charge is 0.439 e. The number of benzene rings is 2. The first-order valence-electron chi connectivity index (χ1n) is 11.9. The largest absolute Gasteiger partial charge is 0.494 e. The van der Waals surface area contributed by atoms with E-state index in [1.54, 1.807) is 24.3 Å². The molecule has 0 bridgehead atoms. The monoisotopic (exact) mass is 533 g/mol. The Kier molecular flexibility index (Phi) is 6.49. The zero-order valence-electron chi connectivity index (χ0n) is 20.2. The Morgan fingerprint density at radius 2 is 1.97 bits per heavy atom. The number of alkyl halides is 3. The first kappa shape index (κ1) is 25.6. The van der Waals surface area contributed by atoms with Gasteiger partial charge in [-0.25, -0.2) is 9.18 Å². The van der Waals surface area contributed by atoms with Crippen LogP contribution in [0.2, 0.25) is 0 Å². The number of rotatable bonds is 7. The molecule has 0 unspecified atom stereocenters. The number of carbonyl (C=O) groups excluding carboxylic acids is 1. The Balaban J connectivity index is 1.49. The summed E-state index contributed by atoms with van der Waals surface area (Å²) < 4.78 is 67.0. The Labute approximate surface area is 213 Å². The van der Waals surface area contributed by atoms with E-state index in [0.717, 1.165) is 11.1 Å². The van der Waals surface area contributed by atoms with Gasteiger partial charge < -0.3 is 14.8 Å². The summed E-state index contributed by atoms with van der Waals surface area (Å²) in [5, 5.41) is 6.72. The van der Waals surface area contributed by atoms with Crippen molar-refractivity contribution in [1.29, 1.82) is 0 Å². The van der Waals surface area contributed by atoms with Crippen molar-refractivity contribution in [1.82, 2.24) is 15.5 Å². The molecule has 38 heavy (non-hydrogen) atoms. The van der Waals surface area contributed by atoms with Crippen molar-refractivity contribution in [2.75, 3.05) is 13.7 Å². The number of ether oxygens (including phenoxy) is 2. The summed E-state index contributed by atoms with van der Waals surface area (Å²) >= 11 is 0. The molecule has 1 aromatic heterocycles.